The topological polar surface area (TPSA) is 42.2 Å². The molecule has 18 heavy (non-hydrogen) atoms. The Bertz CT molecular complexity index is 547. The highest BCUT2D eigenvalue weighted by molar-refractivity contribution is 5.71. The number of benzene rings is 1. The van der Waals surface area contributed by atoms with Crippen molar-refractivity contribution in [2.24, 2.45) is 5.73 Å². The summed E-state index contributed by atoms with van der Waals surface area (Å²) in [6.07, 6.45) is 1.93. The van der Waals surface area contributed by atoms with Crippen LogP contribution in [0.15, 0.2) is 36.5 Å². The fourth-order valence-corrected chi connectivity index (χ4v) is 2.03. The fourth-order valence-electron chi connectivity index (χ4n) is 2.03. The van der Waals surface area contributed by atoms with E-state index in [2.05, 4.69) is 30.1 Å². The Labute approximate surface area is 108 Å². The summed E-state index contributed by atoms with van der Waals surface area (Å²) in [6, 6.07) is 10.3. The van der Waals surface area contributed by atoms with Crippen LogP contribution in [-0.4, -0.2) is 19.1 Å². The molecule has 1 aromatic carbocycles. The molecule has 2 aromatic rings. The van der Waals surface area contributed by atoms with Gasteiger partial charge >= 0.3 is 0 Å². The van der Waals surface area contributed by atoms with Crippen molar-refractivity contribution >= 4 is 5.82 Å². The lowest BCUT2D eigenvalue weighted by Gasteiger charge is -2.15. The largest absolute Gasteiger partial charge is 0.363 e. The van der Waals surface area contributed by atoms with Crippen LogP contribution in [-0.2, 0) is 6.54 Å². The van der Waals surface area contributed by atoms with Crippen LogP contribution >= 0.6 is 0 Å². The Hall–Kier alpha value is -1.87. The quantitative estimate of drug-likeness (QED) is 0.898. The number of pyridine rings is 1. The van der Waals surface area contributed by atoms with Gasteiger partial charge in [-0.1, -0.05) is 24.3 Å². The van der Waals surface area contributed by atoms with Gasteiger partial charge in [0, 0.05) is 32.4 Å². The minimum absolute atomic E-state index is 0.547. The van der Waals surface area contributed by atoms with Crippen molar-refractivity contribution in [3.8, 4) is 11.1 Å². The van der Waals surface area contributed by atoms with Gasteiger partial charge in [-0.25, -0.2) is 4.98 Å². The first kappa shape index (κ1) is 12.6. The summed E-state index contributed by atoms with van der Waals surface area (Å²) in [7, 11) is 3.99. The SMILES string of the molecule is Cc1cc(N(C)C)ncc1-c1ccccc1CN. The molecule has 0 saturated carbocycles. The predicted octanol–water partition coefficient (Wildman–Crippen LogP) is 2.58. The second-order valence-electron chi connectivity index (χ2n) is 4.61. The third-order valence-corrected chi connectivity index (χ3v) is 3.08. The highest BCUT2D eigenvalue weighted by atomic mass is 15.1. The molecule has 94 valence electrons. The molecular weight excluding hydrogens is 222 g/mol. The maximum atomic E-state index is 5.79. The first-order valence-corrected chi connectivity index (χ1v) is 6.06. The van der Waals surface area contributed by atoms with Gasteiger partial charge in [0.1, 0.15) is 5.82 Å². The molecule has 1 aromatic heterocycles. The van der Waals surface area contributed by atoms with Gasteiger partial charge in [-0.2, -0.15) is 0 Å². The zero-order valence-electron chi connectivity index (χ0n) is 11.1. The molecule has 0 saturated heterocycles. The van der Waals surface area contributed by atoms with Gasteiger partial charge in [-0.3, -0.25) is 0 Å². The zero-order chi connectivity index (χ0) is 13.1. The summed E-state index contributed by atoms with van der Waals surface area (Å²) in [4.78, 5) is 6.48. The van der Waals surface area contributed by atoms with Gasteiger partial charge in [0.15, 0.2) is 0 Å². The third kappa shape index (κ3) is 2.36. The maximum Gasteiger partial charge on any atom is 0.128 e. The van der Waals surface area contributed by atoms with E-state index in [1.165, 1.54) is 11.1 Å². The van der Waals surface area contributed by atoms with Gasteiger partial charge in [-0.05, 0) is 29.7 Å². The van der Waals surface area contributed by atoms with Crippen LogP contribution in [0, 0.1) is 6.92 Å². The van der Waals surface area contributed by atoms with Crippen LogP contribution in [0.4, 0.5) is 5.82 Å². The first-order valence-electron chi connectivity index (χ1n) is 6.06. The number of anilines is 1. The number of aromatic nitrogens is 1. The first-order chi connectivity index (χ1) is 8.63. The Kier molecular flexibility index (Phi) is 3.63. The van der Waals surface area contributed by atoms with Crippen LogP contribution in [0.5, 0.6) is 0 Å². The van der Waals surface area contributed by atoms with Gasteiger partial charge in [-0.15, -0.1) is 0 Å². The highest BCUT2D eigenvalue weighted by Gasteiger charge is 2.08. The van der Waals surface area contributed by atoms with Gasteiger partial charge < -0.3 is 10.6 Å². The van der Waals surface area contributed by atoms with Crippen molar-refractivity contribution in [2.75, 3.05) is 19.0 Å². The zero-order valence-corrected chi connectivity index (χ0v) is 11.1. The van der Waals surface area contributed by atoms with Crippen LogP contribution in [0.1, 0.15) is 11.1 Å². The molecule has 0 spiro atoms. The van der Waals surface area contributed by atoms with Crippen LogP contribution < -0.4 is 10.6 Å². The molecule has 0 fully saturated rings. The molecule has 2 N–H and O–H groups in total. The summed E-state index contributed by atoms with van der Waals surface area (Å²) in [5.41, 5.74) is 10.5. The van der Waals surface area contributed by atoms with E-state index in [0.29, 0.717) is 6.54 Å². The molecule has 3 nitrogen and oxygen atoms in total. The average molecular weight is 241 g/mol. The Morgan fingerprint density at radius 3 is 2.50 bits per heavy atom. The predicted molar refractivity (Wildman–Crippen MR) is 76.6 cm³/mol. The van der Waals surface area contributed by atoms with E-state index in [0.717, 1.165) is 16.9 Å². The summed E-state index contributed by atoms with van der Waals surface area (Å²) in [5.74, 6) is 0.974. The number of nitrogens with two attached hydrogens (primary N) is 1. The molecule has 0 aliphatic carbocycles. The molecular formula is C15H19N3. The molecule has 1 heterocycles. The average Bonchev–Trinajstić information content (AvgIpc) is 2.38. The Morgan fingerprint density at radius 1 is 1.17 bits per heavy atom. The Balaban J connectivity index is 2.51. The monoisotopic (exact) mass is 241 g/mol. The van der Waals surface area contributed by atoms with Crippen molar-refractivity contribution in [3.63, 3.8) is 0 Å². The minimum atomic E-state index is 0.547. The maximum absolute atomic E-state index is 5.79. The molecule has 2 rings (SSSR count). The summed E-state index contributed by atoms with van der Waals surface area (Å²) in [5, 5.41) is 0. The fraction of sp³-hybridized carbons (Fsp3) is 0.267. The van der Waals surface area contributed by atoms with E-state index in [1.807, 2.05) is 37.3 Å². The molecule has 0 amide bonds. The second-order valence-corrected chi connectivity index (χ2v) is 4.61. The molecule has 0 aliphatic rings. The van der Waals surface area contributed by atoms with Crippen molar-refractivity contribution < 1.29 is 0 Å². The number of hydrogen-bond acceptors (Lipinski definition) is 3. The van der Waals surface area contributed by atoms with E-state index in [9.17, 15) is 0 Å². The van der Waals surface area contributed by atoms with Crippen molar-refractivity contribution in [3.05, 3.63) is 47.7 Å². The molecule has 0 atom stereocenters. The van der Waals surface area contributed by atoms with Crippen molar-refractivity contribution in [1.82, 2.24) is 4.98 Å². The number of aryl methyl sites for hydroxylation is 1. The summed E-state index contributed by atoms with van der Waals surface area (Å²) >= 11 is 0. The number of nitrogens with zero attached hydrogens (tertiary/aromatic N) is 2. The number of rotatable bonds is 3. The Morgan fingerprint density at radius 2 is 1.89 bits per heavy atom. The molecule has 0 bridgehead atoms. The van der Waals surface area contributed by atoms with Gasteiger partial charge in [0.2, 0.25) is 0 Å². The standard InChI is InChI=1S/C15H19N3/c1-11-8-15(18(2)3)17-10-14(11)13-7-5-4-6-12(13)9-16/h4-8,10H,9,16H2,1-3H3. The van der Waals surface area contributed by atoms with Crippen molar-refractivity contribution in [1.29, 1.82) is 0 Å². The third-order valence-electron chi connectivity index (χ3n) is 3.08. The van der Waals surface area contributed by atoms with Gasteiger partial charge in [0.05, 0.1) is 0 Å². The summed E-state index contributed by atoms with van der Waals surface area (Å²) < 4.78 is 0. The van der Waals surface area contributed by atoms with E-state index in [1.54, 1.807) is 0 Å². The van der Waals surface area contributed by atoms with Crippen LogP contribution in [0.2, 0.25) is 0 Å². The highest BCUT2D eigenvalue weighted by Crippen LogP contribution is 2.27. The van der Waals surface area contributed by atoms with E-state index in [-0.39, 0.29) is 0 Å². The number of hydrogen-bond donors (Lipinski definition) is 1. The van der Waals surface area contributed by atoms with E-state index in [4.69, 9.17) is 5.73 Å². The molecule has 0 aliphatic heterocycles. The lowest BCUT2D eigenvalue weighted by atomic mass is 9.98. The lowest BCUT2D eigenvalue weighted by molar-refractivity contribution is 1.05. The van der Waals surface area contributed by atoms with E-state index < -0.39 is 0 Å². The van der Waals surface area contributed by atoms with Crippen LogP contribution in [0.25, 0.3) is 11.1 Å². The minimum Gasteiger partial charge on any atom is -0.363 e. The molecule has 0 radical (unpaired) electrons. The van der Waals surface area contributed by atoms with Crippen LogP contribution in [0.3, 0.4) is 0 Å². The molecule has 3 heteroatoms. The van der Waals surface area contributed by atoms with E-state index >= 15 is 0 Å². The summed E-state index contributed by atoms with van der Waals surface area (Å²) in [6.45, 7) is 2.66. The van der Waals surface area contributed by atoms with Crippen molar-refractivity contribution in [2.45, 2.75) is 13.5 Å². The lowest BCUT2D eigenvalue weighted by Crippen LogP contribution is -2.11. The second kappa shape index (κ2) is 5.19. The molecule has 0 unspecified atom stereocenters. The van der Waals surface area contributed by atoms with Gasteiger partial charge in [0.25, 0.3) is 0 Å². The normalized spacial score (nSPS) is 10.4. The smallest absolute Gasteiger partial charge is 0.128 e.